The number of benzene rings is 1. The van der Waals surface area contributed by atoms with Gasteiger partial charge < -0.3 is 15.0 Å². The van der Waals surface area contributed by atoms with Crippen molar-refractivity contribution in [1.82, 2.24) is 9.88 Å². The molecule has 1 atom stereocenters. The largest absolute Gasteiger partial charge is 0.394 e. The first-order valence-electron chi connectivity index (χ1n) is 6.95. The van der Waals surface area contributed by atoms with Crippen LogP contribution in [-0.4, -0.2) is 28.2 Å². The number of halogens is 1. The van der Waals surface area contributed by atoms with Gasteiger partial charge in [0.25, 0.3) is 5.91 Å². The number of amides is 1. The van der Waals surface area contributed by atoms with Crippen molar-refractivity contribution >= 4 is 21.8 Å². The lowest BCUT2D eigenvalue weighted by Gasteiger charge is -2.17. The van der Waals surface area contributed by atoms with Gasteiger partial charge >= 0.3 is 0 Å². The third-order valence-corrected chi connectivity index (χ3v) is 3.75. The highest BCUT2D eigenvalue weighted by molar-refractivity contribution is 9.10. The van der Waals surface area contributed by atoms with E-state index in [1.807, 2.05) is 48.0 Å². The number of carbonyl (C=O) groups is 1. The number of hydrogen-bond donors (Lipinski definition) is 2. The van der Waals surface area contributed by atoms with Crippen molar-refractivity contribution in [3.63, 3.8) is 0 Å². The smallest absolute Gasteiger partial charge is 0.268 e. The van der Waals surface area contributed by atoms with E-state index < -0.39 is 0 Å². The van der Waals surface area contributed by atoms with Gasteiger partial charge in [-0.05, 0) is 40.9 Å². The zero-order valence-electron chi connectivity index (χ0n) is 11.9. The Labute approximate surface area is 132 Å². The molecule has 0 saturated carbocycles. The highest BCUT2D eigenvalue weighted by Gasteiger charge is 2.17. The SMILES string of the molecule is CCn1cc(Br)cc1C(=O)NC(CO)Cc1ccccc1. The zero-order valence-corrected chi connectivity index (χ0v) is 13.5. The number of hydrogen-bond acceptors (Lipinski definition) is 2. The minimum Gasteiger partial charge on any atom is -0.394 e. The standard InChI is InChI=1S/C16H19BrN2O2/c1-2-19-10-13(17)9-15(19)16(21)18-14(11-20)8-12-6-4-3-5-7-12/h3-7,9-10,14,20H,2,8,11H2,1H3,(H,18,21). The molecule has 1 aromatic heterocycles. The van der Waals surface area contributed by atoms with Gasteiger partial charge in [-0.1, -0.05) is 30.3 Å². The molecule has 1 aromatic carbocycles. The molecule has 112 valence electrons. The van der Waals surface area contributed by atoms with Crippen LogP contribution in [0.1, 0.15) is 23.0 Å². The van der Waals surface area contributed by atoms with Gasteiger partial charge in [0, 0.05) is 17.2 Å². The molecule has 0 aliphatic heterocycles. The summed E-state index contributed by atoms with van der Waals surface area (Å²) in [4.78, 5) is 12.3. The van der Waals surface area contributed by atoms with Gasteiger partial charge in [0.15, 0.2) is 0 Å². The number of rotatable bonds is 6. The first kappa shape index (κ1) is 15.8. The van der Waals surface area contributed by atoms with Crippen LogP contribution in [0.4, 0.5) is 0 Å². The Morgan fingerprint density at radius 1 is 1.38 bits per heavy atom. The van der Waals surface area contributed by atoms with E-state index in [4.69, 9.17) is 0 Å². The summed E-state index contributed by atoms with van der Waals surface area (Å²) >= 11 is 3.38. The lowest BCUT2D eigenvalue weighted by Crippen LogP contribution is -2.39. The minimum atomic E-state index is -0.293. The summed E-state index contributed by atoms with van der Waals surface area (Å²) in [6, 6.07) is 11.3. The molecule has 0 aliphatic rings. The number of aryl methyl sites for hydroxylation is 1. The van der Waals surface area contributed by atoms with Crippen molar-refractivity contribution in [3.8, 4) is 0 Å². The summed E-state index contributed by atoms with van der Waals surface area (Å²) in [6.07, 6.45) is 2.48. The Morgan fingerprint density at radius 2 is 2.10 bits per heavy atom. The molecular formula is C16H19BrN2O2. The van der Waals surface area contributed by atoms with Crippen molar-refractivity contribution < 1.29 is 9.90 Å². The number of aliphatic hydroxyl groups is 1. The maximum Gasteiger partial charge on any atom is 0.268 e. The Bertz CT molecular complexity index is 596. The molecule has 1 unspecified atom stereocenters. The average Bonchev–Trinajstić information content (AvgIpc) is 2.88. The molecular weight excluding hydrogens is 332 g/mol. The molecule has 1 heterocycles. The molecule has 2 aromatic rings. The number of aliphatic hydroxyl groups excluding tert-OH is 1. The van der Waals surface area contributed by atoms with Gasteiger partial charge in [0.1, 0.15) is 5.69 Å². The first-order valence-corrected chi connectivity index (χ1v) is 7.74. The molecule has 0 spiro atoms. The highest BCUT2D eigenvalue weighted by atomic mass is 79.9. The molecule has 0 radical (unpaired) electrons. The molecule has 2 rings (SSSR count). The average molecular weight is 351 g/mol. The molecule has 0 aliphatic carbocycles. The van der Waals surface area contributed by atoms with E-state index in [0.717, 1.165) is 16.6 Å². The summed E-state index contributed by atoms with van der Waals surface area (Å²) in [6.45, 7) is 2.61. The maximum absolute atomic E-state index is 12.3. The highest BCUT2D eigenvalue weighted by Crippen LogP contribution is 2.15. The van der Waals surface area contributed by atoms with Crippen molar-refractivity contribution in [2.24, 2.45) is 0 Å². The van der Waals surface area contributed by atoms with Crippen molar-refractivity contribution in [2.45, 2.75) is 25.9 Å². The van der Waals surface area contributed by atoms with Crippen LogP contribution in [-0.2, 0) is 13.0 Å². The van der Waals surface area contributed by atoms with Crippen LogP contribution in [0.15, 0.2) is 47.1 Å². The third kappa shape index (κ3) is 4.19. The lowest BCUT2D eigenvalue weighted by atomic mass is 10.1. The second kappa shape index (κ2) is 7.43. The van der Waals surface area contributed by atoms with Crippen LogP contribution in [0, 0.1) is 0 Å². The van der Waals surface area contributed by atoms with Crippen LogP contribution in [0.5, 0.6) is 0 Å². The molecule has 0 fully saturated rings. The van der Waals surface area contributed by atoms with Crippen LogP contribution in [0.2, 0.25) is 0 Å². The first-order chi connectivity index (χ1) is 10.1. The summed E-state index contributed by atoms with van der Waals surface area (Å²) in [5.74, 6) is -0.169. The molecule has 0 bridgehead atoms. The number of nitrogens with one attached hydrogen (secondary N) is 1. The van der Waals surface area contributed by atoms with Gasteiger partial charge in [0.2, 0.25) is 0 Å². The quantitative estimate of drug-likeness (QED) is 0.841. The van der Waals surface area contributed by atoms with Crippen molar-refractivity contribution in [3.05, 3.63) is 58.3 Å². The second-order valence-electron chi connectivity index (χ2n) is 4.87. The predicted molar refractivity (Wildman–Crippen MR) is 86.3 cm³/mol. The van der Waals surface area contributed by atoms with E-state index in [0.29, 0.717) is 12.1 Å². The van der Waals surface area contributed by atoms with Crippen molar-refractivity contribution in [1.29, 1.82) is 0 Å². The second-order valence-corrected chi connectivity index (χ2v) is 5.79. The van der Waals surface area contributed by atoms with Gasteiger partial charge in [-0.2, -0.15) is 0 Å². The van der Waals surface area contributed by atoms with E-state index in [-0.39, 0.29) is 18.6 Å². The molecule has 1 amide bonds. The third-order valence-electron chi connectivity index (χ3n) is 3.32. The number of aromatic nitrogens is 1. The lowest BCUT2D eigenvalue weighted by molar-refractivity contribution is 0.0907. The zero-order chi connectivity index (χ0) is 15.2. The molecule has 2 N–H and O–H groups in total. The fraction of sp³-hybridized carbons (Fsp3) is 0.312. The Balaban J connectivity index is 2.05. The monoisotopic (exact) mass is 350 g/mol. The maximum atomic E-state index is 12.3. The number of nitrogens with zero attached hydrogens (tertiary/aromatic N) is 1. The van der Waals surface area contributed by atoms with Gasteiger partial charge in [-0.25, -0.2) is 0 Å². The number of carbonyl (C=O) groups excluding carboxylic acids is 1. The normalized spacial score (nSPS) is 12.1. The van der Waals surface area contributed by atoms with Crippen LogP contribution < -0.4 is 5.32 Å². The van der Waals surface area contributed by atoms with Crippen LogP contribution in [0.25, 0.3) is 0 Å². The van der Waals surface area contributed by atoms with Gasteiger partial charge in [0.05, 0.1) is 12.6 Å². The topological polar surface area (TPSA) is 54.3 Å². The summed E-state index contributed by atoms with van der Waals surface area (Å²) < 4.78 is 2.74. The predicted octanol–water partition coefficient (Wildman–Crippen LogP) is 2.60. The molecule has 21 heavy (non-hydrogen) atoms. The van der Waals surface area contributed by atoms with E-state index >= 15 is 0 Å². The van der Waals surface area contributed by atoms with Crippen LogP contribution >= 0.6 is 15.9 Å². The minimum absolute atomic E-state index is 0.0887. The summed E-state index contributed by atoms with van der Waals surface area (Å²) in [5, 5.41) is 12.4. The van der Waals surface area contributed by atoms with E-state index in [1.54, 1.807) is 6.07 Å². The fourth-order valence-corrected chi connectivity index (χ4v) is 2.71. The van der Waals surface area contributed by atoms with E-state index in [2.05, 4.69) is 21.2 Å². The van der Waals surface area contributed by atoms with E-state index in [1.165, 1.54) is 0 Å². The summed E-state index contributed by atoms with van der Waals surface area (Å²) in [7, 11) is 0. The van der Waals surface area contributed by atoms with Gasteiger partial charge in [-0.3, -0.25) is 4.79 Å². The van der Waals surface area contributed by atoms with Crippen LogP contribution in [0.3, 0.4) is 0 Å². The van der Waals surface area contributed by atoms with Crippen molar-refractivity contribution in [2.75, 3.05) is 6.61 Å². The Hall–Kier alpha value is -1.59. The summed E-state index contributed by atoms with van der Waals surface area (Å²) in [5.41, 5.74) is 1.68. The Morgan fingerprint density at radius 3 is 2.71 bits per heavy atom. The Kier molecular flexibility index (Phi) is 5.59. The molecule has 5 heteroatoms. The fourth-order valence-electron chi connectivity index (χ4n) is 2.25. The van der Waals surface area contributed by atoms with E-state index in [9.17, 15) is 9.90 Å². The molecule has 0 saturated heterocycles. The van der Waals surface area contributed by atoms with Gasteiger partial charge in [-0.15, -0.1) is 0 Å². The molecule has 4 nitrogen and oxygen atoms in total.